The maximum Gasteiger partial charge on any atom is 0.236 e. The van der Waals surface area contributed by atoms with Gasteiger partial charge in [0.25, 0.3) is 0 Å². The van der Waals surface area contributed by atoms with Crippen LogP contribution >= 0.6 is 0 Å². The molecule has 2 heterocycles. The van der Waals surface area contributed by atoms with E-state index in [4.69, 9.17) is 0 Å². The summed E-state index contributed by atoms with van der Waals surface area (Å²) in [5.74, 6) is 0. The topological polar surface area (TPSA) is 43.9 Å². The molecule has 1 saturated carbocycles. The van der Waals surface area contributed by atoms with E-state index >= 15 is 0 Å². The molecule has 176 valence electrons. The summed E-state index contributed by atoms with van der Waals surface area (Å²) in [6.45, 7) is 4.85. The van der Waals surface area contributed by atoms with E-state index in [1.807, 2.05) is 30.3 Å². The van der Waals surface area contributed by atoms with Crippen molar-refractivity contribution in [2.45, 2.75) is 44.6 Å². The Labute approximate surface area is 198 Å². The minimum absolute atomic E-state index is 0.522. The Kier molecular flexibility index (Phi) is 6.86. The van der Waals surface area contributed by atoms with E-state index in [2.05, 4.69) is 28.0 Å². The number of sulfonamides is 1. The molecule has 0 aromatic heterocycles. The molecular formula is C27H35N3O2S. The first-order valence-corrected chi connectivity index (χ1v) is 13.9. The van der Waals surface area contributed by atoms with Crippen LogP contribution in [0.3, 0.4) is 0 Å². The van der Waals surface area contributed by atoms with Crippen LogP contribution < -0.4 is 4.90 Å². The zero-order chi connectivity index (χ0) is 22.7. The van der Waals surface area contributed by atoms with Crippen LogP contribution in [0.1, 0.15) is 42.4 Å². The highest BCUT2D eigenvalue weighted by atomic mass is 32.2. The molecule has 6 heteroatoms. The number of benzene rings is 2. The third kappa shape index (κ3) is 5.34. The van der Waals surface area contributed by atoms with E-state index in [0.29, 0.717) is 13.1 Å². The number of hydrogen-bond donors (Lipinski definition) is 0. The molecule has 0 N–H and O–H groups in total. The van der Waals surface area contributed by atoms with E-state index in [0.717, 1.165) is 37.5 Å². The van der Waals surface area contributed by atoms with Crippen molar-refractivity contribution >= 4 is 21.8 Å². The van der Waals surface area contributed by atoms with Crippen molar-refractivity contribution in [3.8, 4) is 0 Å². The molecule has 2 fully saturated rings. The molecule has 0 unspecified atom stereocenters. The quantitative estimate of drug-likeness (QED) is 0.665. The summed E-state index contributed by atoms with van der Waals surface area (Å²) < 4.78 is 27.2. The third-order valence-electron chi connectivity index (χ3n) is 7.56. The van der Waals surface area contributed by atoms with Gasteiger partial charge in [-0.2, -0.15) is 4.31 Å². The van der Waals surface area contributed by atoms with Crippen LogP contribution in [0.4, 0.5) is 5.69 Å². The van der Waals surface area contributed by atoms with Crippen molar-refractivity contribution in [2.75, 3.05) is 44.2 Å². The predicted octanol–water partition coefficient (Wildman–Crippen LogP) is 4.15. The van der Waals surface area contributed by atoms with Crippen LogP contribution in [0.5, 0.6) is 0 Å². The predicted molar refractivity (Wildman–Crippen MR) is 136 cm³/mol. The normalized spacial score (nSPS) is 21.4. The van der Waals surface area contributed by atoms with Gasteiger partial charge in [0, 0.05) is 56.4 Å². The van der Waals surface area contributed by atoms with Crippen molar-refractivity contribution in [1.29, 1.82) is 0 Å². The molecule has 0 radical (unpaired) electrons. The van der Waals surface area contributed by atoms with E-state index in [-0.39, 0.29) is 0 Å². The summed E-state index contributed by atoms with van der Waals surface area (Å²) in [5, 5.41) is 1.34. The maximum absolute atomic E-state index is 12.8. The van der Waals surface area contributed by atoms with Crippen LogP contribution in [0.15, 0.2) is 53.9 Å². The van der Waals surface area contributed by atoms with E-state index < -0.39 is 10.0 Å². The van der Waals surface area contributed by atoms with E-state index in [1.54, 1.807) is 10.4 Å². The molecule has 33 heavy (non-hydrogen) atoms. The first-order chi connectivity index (χ1) is 16.1. The minimum atomic E-state index is -3.40. The standard InChI is InChI=1S/C27H35N3O2S/c31-33(32,21-14-23-6-2-1-3-7-23)30-19-17-29(18-20-30)27-11-10-24-12-15-28(16-13-25(24)22-27)26-8-4-5-9-26/h1-3,6-7,10-11,14,21-22,26H,4-5,8-9,12-13,15-20H2. The highest BCUT2D eigenvalue weighted by Crippen LogP contribution is 2.28. The van der Waals surface area contributed by atoms with Crippen molar-refractivity contribution in [3.63, 3.8) is 0 Å². The summed E-state index contributed by atoms with van der Waals surface area (Å²) in [7, 11) is -3.40. The second-order valence-electron chi connectivity index (χ2n) is 9.57. The molecule has 2 aliphatic heterocycles. The van der Waals surface area contributed by atoms with Gasteiger partial charge < -0.3 is 4.90 Å². The Bertz CT molecular complexity index is 1070. The largest absolute Gasteiger partial charge is 0.369 e. The number of fused-ring (bicyclic) bond motifs is 1. The highest BCUT2D eigenvalue weighted by molar-refractivity contribution is 7.92. The van der Waals surface area contributed by atoms with Crippen molar-refractivity contribution in [3.05, 3.63) is 70.6 Å². The van der Waals surface area contributed by atoms with Crippen molar-refractivity contribution in [1.82, 2.24) is 9.21 Å². The number of piperazine rings is 1. The van der Waals surface area contributed by atoms with E-state index in [1.165, 1.54) is 61.0 Å². The molecule has 2 aromatic rings. The molecule has 1 aliphatic carbocycles. The lowest BCUT2D eigenvalue weighted by molar-refractivity contribution is 0.208. The smallest absolute Gasteiger partial charge is 0.236 e. The molecule has 1 saturated heterocycles. The summed E-state index contributed by atoms with van der Waals surface area (Å²) in [6.07, 6.45) is 9.47. The summed E-state index contributed by atoms with van der Waals surface area (Å²) in [5.41, 5.74) is 5.11. The van der Waals surface area contributed by atoms with Gasteiger partial charge in [0.1, 0.15) is 0 Å². The second-order valence-corrected chi connectivity index (χ2v) is 11.4. The molecular weight excluding hydrogens is 430 g/mol. The van der Waals surface area contributed by atoms with Crippen molar-refractivity contribution in [2.24, 2.45) is 0 Å². The van der Waals surface area contributed by atoms with Gasteiger partial charge in [-0.05, 0) is 60.6 Å². The molecule has 0 amide bonds. The van der Waals surface area contributed by atoms with Gasteiger partial charge >= 0.3 is 0 Å². The molecule has 3 aliphatic rings. The highest BCUT2D eigenvalue weighted by Gasteiger charge is 2.27. The number of nitrogens with zero attached hydrogens (tertiary/aromatic N) is 3. The number of rotatable bonds is 5. The Hall–Kier alpha value is -2.15. The molecule has 0 atom stereocenters. The average molecular weight is 466 g/mol. The van der Waals surface area contributed by atoms with Gasteiger partial charge in [0.2, 0.25) is 10.0 Å². The zero-order valence-corrected chi connectivity index (χ0v) is 20.2. The summed E-state index contributed by atoms with van der Waals surface area (Å²) in [6, 6.07) is 17.3. The third-order valence-corrected chi connectivity index (χ3v) is 9.13. The minimum Gasteiger partial charge on any atom is -0.369 e. The summed E-state index contributed by atoms with van der Waals surface area (Å²) >= 11 is 0. The molecule has 5 rings (SSSR count). The lowest BCUT2D eigenvalue weighted by Gasteiger charge is -2.35. The van der Waals surface area contributed by atoms with Gasteiger partial charge in [0.15, 0.2) is 0 Å². The van der Waals surface area contributed by atoms with Gasteiger partial charge in [-0.25, -0.2) is 8.42 Å². The molecule has 2 aromatic carbocycles. The maximum atomic E-state index is 12.8. The lowest BCUT2D eigenvalue weighted by Crippen LogP contribution is -2.48. The first-order valence-electron chi connectivity index (χ1n) is 12.4. The van der Waals surface area contributed by atoms with Crippen LogP contribution in [0, 0.1) is 0 Å². The molecule has 0 spiro atoms. The van der Waals surface area contributed by atoms with Crippen LogP contribution in [0.2, 0.25) is 0 Å². The number of hydrogen-bond acceptors (Lipinski definition) is 4. The van der Waals surface area contributed by atoms with Gasteiger partial charge in [-0.1, -0.05) is 49.2 Å². The monoisotopic (exact) mass is 465 g/mol. The fourth-order valence-electron chi connectivity index (χ4n) is 5.58. The fourth-order valence-corrected chi connectivity index (χ4v) is 6.75. The summed E-state index contributed by atoms with van der Waals surface area (Å²) in [4.78, 5) is 5.06. The molecule has 0 bridgehead atoms. The second kappa shape index (κ2) is 10.00. The SMILES string of the molecule is O=S(=O)(C=Cc1ccccc1)N1CCN(c2ccc3c(c2)CCN(C2CCCC2)CC3)CC1. The Balaban J connectivity index is 1.20. The average Bonchev–Trinajstić information content (AvgIpc) is 3.31. The van der Waals surface area contributed by atoms with Gasteiger partial charge in [0.05, 0.1) is 0 Å². The first kappa shape index (κ1) is 22.6. The van der Waals surface area contributed by atoms with Crippen molar-refractivity contribution < 1.29 is 8.42 Å². The van der Waals surface area contributed by atoms with Crippen LogP contribution in [0.25, 0.3) is 6.08 Å². The lowest BCUT2D eigenvalue weighted by atomic mass is 10.0. The number of anilines is 1. The Morgan fingerprint density at radius 2 is 1.48 bits per heavy atom. The van der Waals surface area contributed by atoms with Crippen LogP contribution in [-0.2, 0) is 22.9 Å². The van der Waals surface area contributed by atoms with Gasteiger partial charge in [-0.15, -0.1) is 0 Å². The zero-order valence-electron chi connectivity index (χ0n) is 19.4. The molecule has 5 nitrogen and oxygen atoms in total. The fraction of sp³-hybridized carbons (Fsp3) is 0.481. The Morgan fingerprint density at radius 1 is 0.788 bits per heavy atom. The van der Waals surface area contributed by atoms with Crippen LogP contribution in [-0.4, -0.2) is 62.9 Å². The van der Waals surface area contributed by atoms with E-state index in [9.17, 15) is 8.42 Å². The van der Waals surface area contributed by atoms with Gasteiger partial charge in [-0.3, -0.25) is 4.90 Å². The Morgan fingerprint density at radius 3 is 2.21 bits per heavy atom.